The van der Waals surface area contributed by atoms with Crippen molar-refractivity contribution in [3.8, 4) is 11.1 Å². The summed E-state index contributed by atoms with van der Waals surface area (Å²) in [7, 11) is -7.45. The molecule has 1 atom stereocenters. The van der Waals surface area contributed by atoms with Crippen LogP contribution in [0.25, 0.3) is 17.2 Å². The van der Waals surface area contributed by atoms with Gasteiger partial charge in [-0.2, -0.15) is 0 Å². The van der Waals surface area contributed by atoms with E-state index in [1.54, 1.807) is 66.7 Å². The average Bonchev–Trinajstić information content (AvgIpc) is 3.38. The number of amides is 1. The molecule has 0 saturated heterocycles. The molecule has 0 bridgehead atoms. The van der Waals surface area contributed by atoms with E-state index >= 15 is 0 Å². The number of para-hydroxylation sites is 2. The fraction of sp³-hybridized carbons (Fsp3) is 0.0741. The van der Waals surface area contributed by atoms with Gasteiger partial charge in [-0.05, 0) is 64.7 Å². The average molecular weight is 551 g/mol. The Morgan fingerprint density at radius 2 is 1.61 bits per heavy atom. The van der Waals surface area contributed by atoms with Gasteiger partial charge in [0.2, 0.25) is 5.91 Å². The molecule has 11 heteroatoms. The zero-order valence-electron chi connectivity index (χ0n) is 20.4. The number of anilines is 2. The first-order chi connectivity index (χ1) is 17.9. The van der Waals surface area contributed by atoms with Crippen LogP contribution >= 0.6 is 0 Å². The van der Waals surface area contributed by atoms with Crippen molar-refractivity contribution in [2.75, 3.05) is 17.3 Å². The molecule has 1 unspecified atom stereocenters. The van der Waals surface area contributed by atoms with Crippen LogP contribution in [0.4, 0.5) is 11.4 Å². The van der Waals surface area contributed by atoms with E-state index in [9.17, 15) is 21.6 Å². The Kier molecular flexibility index (Phi) is 7.53. The second-order valence-corrected chi connectivity index (χ2v) is 12.6. The van der Waals surface area contributed by atoms with Crippen LogP contribution in [-0.4, -0.2) is 33.0 Å². The summed E-state index contributed by atoms with van der Waals surface area (Å²) in [5, 5.41) is 1.48. The molecule has 0 fully saturated rings. The van der Waals surface area contributed by atoms with Crippen LogP contribution in [0.15, 0.2) is 102 Å². The molecule has 0 saturated carbocycles. The van der Waals surface area contributed by atoms with E-state index in [2.05, 4.69) is 5.32 Å². The van der Waals surface area contributed by atoms with Gasteiger partial charge in [0.15, 0.2) is 9.84 Å². The molecule has 9 nitrogen and oxygen atoms in total. The van der Waals surface area contributed by atoms with Gasteiger partial charge in [-0.3, -0.25) is 4.79 Å². The molecule has 38 heavy (non-hydrogen) atoms. The molecule has 3 aromatic carbocycles. The molecule has 1 heterocycles. The summed E-state index contributed by atoms with van der Waals surface area (Å²) in [6.45, 7) is 0. The number of nitrogens with zero attached hydrogens (tertiary/aromatic N) is 1. The Hall–Kier alpha value is -4.19. The summed E-state index contributed by atoms with van der Waals surface area (Å²) < 4.78 is 51.4. The van der Waals surface area contributed by atoms with E-state index in [1.807, 2.05) is 0 Å². The van der Waals surface area contributed by atoms with Gasteiger partial charge in [-0.25, -0.2) is 20.8 Å². The van der Waals surface area contributed by atoms with Crippen molar-refractivity contribution in [1.29, 1.82) is 0 Å². The van der Waals surface area contributed by atoms with Crippen molar-refractivity contribution in [1.82, 2.24) is 3.97 Å². The predicted octanol–water partition coefficient (Wildman–Crippen LogP) is 3.63. The van der Waals surface area contributed by atoms with Crippen molar-refractivity contribution in [3.05, 3.63) is 108 Å². The lowest BCUT2D eigenvalue weighted by Crippen LogP contribution is -2.20. The van der Waals surface area contributed by atoms with Crippen LogP contribution in [0, 0.1) is 0 Å². The van der Waals surface area contributed by atoms with Gasteiger partial charge in [0.1, 0.15) is 5.37 Å². The van der Waals surface area contributed by atoms with Crippen molar-refractivity contribution in [3.63, 3.8) is 0 Å². The van der Waals surface area contributed by atoms with E-state index in [4.69, 9.17) is 11.5 Å². The second-order valence-electron chi connectivity index (χ2n) is 8.59. The summed E-state index contributed by atoms with van der Waals surface area (Å²) in [5.74, 6) is -0.413. The summed E-state index contributed by atoms with van der Waals surface area (Å²) in [6.07, 6.45) is 6.62. The van der Waals surface area contributed by atoms with E-state index in [0.29, 0.717) is 33.6 Å². The van der Waals surface area contributed by atoms with Gasteiger partial charge >= 0.3 is 0 Å². The SMILES string of the molecule is CS(=O)(=O)C(N)c1cccc(-c2cccc(S(=O)(=O)n3ccc(/C=C/C(=O)Nc4ccccc4N)c3)c2)c1. The second kappa shape index (κ2) is 10.7. The summed E-state index contributed by atoms with van der Waals surface area (Å²) in [6, 6.07) is 21.4. The third-order valence-electron chi connectivity index (χ3n) is 5.76. The van der Waals surface area contributed by atoms with Crippen LogP contribution in [0.2, 0.25) is 0 Å². The van der Waals surface area contributed by atoms with Gasteiger partial charge in [-0.15, -0.1) is 0 Å². The first-order valence-electron chi connectivity index (χ1n) is 11.4. The largest absolute Gasteiger partial charge is 0.397 e. The smallest absolute Gasteiger partial charge is 0.267 e. The van der Waals surface area contributed by atoms with Gasteiger partial charge in [-0.1, -0.05) is 42.5 Å². The Balaban J connectivity index is 1.55. The maximum absolute atomic E-state index is 13.3. The minimum atomic E-state index is -3.95. The van der Waals surface area contributed by atoms with Gasteiger partial charge in [0.05, 0.1) is 16.3 Å². The number of rotatable bonds is 8. The van der Waals surface area contributed by atoms with Crippen molar-refractivity contribution in [2.24, 2.45) is 5.73 Å². The quantitative estimate of drug-likeness (QED) is 0.224. The number of aromatic nitrogens is 1. The third-order valence-corrected chi connectivity index (χ3v) is 8.58. The van der Waals surface area contributed by atoms with Crippen LogP contribution < -0.4 is 16.8 Å². The van der Waals surface area contributed by atoms with E-state index in [0.717, 1.165) is 10.2 Å². The maximum atomic E-state index is 13.3. The van der Waals surface area contributed by atoms with Crippen LogP contribution in [0.5, 0.6) is 0 Å². The molecule has 0 aliphatic rings. The number of hydrogen-bond acceptors (Lipinski definition) is 7. The normalized spacial score (nSPS) is 12.9. The summed E-state index contributed by atoms with van der Waals surface area (Å²) >= 11 is 0. The molecular weight excluding hydrogens is 524 g/mol. The molecule has 0 radical (unpaired) electrons. The predicted molar refractivity (Wildman–Crippen MR) is 149 cm³/mol. The first kappa shape index (κ1) is 26.9. The highest BCUT2D eigenvalue weighted by Crippen LogP contribution is 2.27. The lowest BCUT2D eigenvalue weighted by Gasteiger charge is -2.12. The van der Waals surface area contributed by atoms with E-state index in [-0.39, 0.29) is 4.90 Å². The zero-order chi connectivity index (χ0) is 27.5. The molecule has 5 N–H and O–H groups in total. The first-order valence-corrected chi connectivity index (χ1v) is 14.8. The number of sulfone groups is 1. The fourth-order valence-electron chi connectivity index (χ4n) is 3.70. The van der Waals surface area contributed by atoms with Crippen LogP contribution in [0.3, 0.4) is 0 Å². The number of nitrogens with one attached hydrogen (secondary N) is 1. The van der Waals surface area contributed by atoms with Gasteiger partial charge in [0, 0.05) is 24.7 Å². The van der Waals surface area contributed by atoms with Crippen molar-refractivity contribution < 1.29 is 21.6 Å². The Morgan fingerprint density at radius 3 is 2.32 bits per heavy atom. The number of benzene rings is 3. The summed E-state index contributed by atoms with van der Waals surface area (Å²) in [5.41, 5.74) is 14.7. The number of carbonyl (C=O) groups is 1. The molecule has 4 rings (SSSR count). The van der Waals surface area contributed by atoms with Crippen molar-refractivity contribution >= 4 is 43.2 Å². The highest BCUT2D eigenvalue weighted by molar-refractivity contribution is 7.90. The fourth-order valence-corrected chi connectivity index (χ4v) is 5.59. The monoisotopic (exact) mass is 550 g/mol. The van der Waals surface area contributed by atoms with E-state index in [1.165, 1.54) is 36.7 Å². The highest BCUT2D eigenvalue weighted by Gasteiger charge is 2.20. The molecule has 1 amide bonds. The van der Waals surface area contributed by atoms with Crippen LogP contribution in [-0.2, 0) is 24.7 Å². The minimum absolute atomic E-state index is 0.0382. The molecular formula is C27H26N4O5S2. The topological polar surface area (TPSA) is 154 Å². The summed E-state index contributed by atoms with van der Waals surface area (Å²) in [4.78, 5) is 12.3. The van der Waals surface area contributed by atoms with Crippen LogP contribution in [0.1, 0.15) is 16.5 Å². The number of hydrogen-bond donors (Lipinski definition) is 3. The van der Waals surface area contributed by atoms with Gasteiger partial charge in [0.25, 0.3) is 10.0 Å². The Morgan fingerprint density at radius 1 is 0.921 bits per heavy atom. The standard InChI is InChI=1S/C27H26N4O5S2/c1-37(33,34)27(29)22-8-4-6-20(16-22)21-7-5-9-23(17-21)38(35,36)31-15-14-19(18-31)12-13-26(32)30-25-11-3-2-10-24(25)28/h2-18,27H,28-29H2,1H3,(H,30,32)/b13-12+. The Labute approximate surface area is 221 Å². The molecule has 0 spiro atoms. The Bertz CT molecular complexity index is 1740. The number of carbonyl (C=O) groups excluding carboxylic acids is 1. The van der Waals surface area contributed by atoms with Crippen molar-refractivity contribution in [2.45, 2.75) is 10.3 Å². The molecule has 0 aliphatic carbocycles. The maximum Gasteiger partial charge on any atom is 0.267 e. The zero-order valence-corrected chi connectivity index (χ0v) is 22.0. The minimum Gasteiger partial charge on any atom is -0.397 e. The lowest BCUT2D eigenvalue weighted by molar-refractivity contribution is -0.111. The number of nitrogen functional groups attached to an aromatic ring is 1. The molecule has 196 valence electrons. The molecule has 4 aromatic rings. The van der Waals surface area contributed by atoms with Gasteiger partial charge < -0.3 is 16.8 Å². The highest BCUT2D eigenvalue weighted by atomic mass is 32.2. The van der Waals surface area contributed by atoms with E-state index < -0.39 is 31.1 Å². The molecule has 1 aromatic heterocycles. The molecule has 0 aliphatic heterocycles. The number of nitrogens with two attached hydrogens (primary N) is 2. The third kappa shape index (κ3) is 6.02. The lowest BCUT2D eigenvalue weighted by atomic mass is 10.0.